The van der Waals surface area contributed by atoms with Crippen molar-refractivity contribution in [3.8, 4) is 0 Å². The third-order valence-electron chi connectivity index (χ3n) is 3.19. The maximum atomic E-state index is 13.8. The second-order valence-electron chi connectivity index (χ2n) is 4.80. The quantitative estimate of drug-likeness (QED) is 0.808. The molecule has 0 radical (unpaired) electrons. The molecule has 0 spiro atoms. The molecule has 0 aromatic heterocycles. The molecule has 0 aliphatic carbocycles. The van der Waals surface area contributed by atoms with Crippen LogP contribution in [0.2, 0.25) is 0 Å². The molecule has 0 N–H and O–H groups in total. The van der Waals surface area contributed by atoms with Gasteiger partial charge in [0.1, 0.15) is 5.82 Å². The van der Waals surface area contributed by atoms with Crippen LogP contribution in [0.5, 0.6) is 0 Å². The average Bonchev–Trinajstić information content (AvgIpc) is 2.39. The summed E-state index contributed by atoms with van der Waals surface area (Å²) in [5, 5.41) is 0. The Hall–Kier alpha value is -1.42. The first-order chi connectivity index (χ1) is 8.59. The normalized spacial score (nSPS) is 16.1. The second-order valence-corrected chi connectivity index (χ2v) is 4.80. The molecule has 1 amide bonds. The molecule has 98 valence electrons. The van der Waals surface area contributed by atoms with Crippen LogP contribution in [0, 0.1) is 5.82 Å². The summed E-state index contributed by atoms with van der Waals surface area (Å²) in [6, 6.07) is 4.77. The Bertz CT molecular complexity index is 439. The molecule has 2 rings (SSSR count). The highest BCUT2D eigenvalue weighted by Crippen LogP contribution is 2.19. The molecule has 18 heavy (non-hydrogen) atoms. The Morgan fingerprint density at radius 2 is 2.00 bits per heavy atom. The van der Waals surface area contributed by atoms with E-state index >= 15 is 0 Å². The van der Waals surface area contributed by atoms with Crippen molar-refractivity contribution in [3.05, 3.63) is 35.1 Å². The number of rotatable bonds is 2. The first-order valence-corrected chi connectivity index (χ1v) is 6.26. The summed E-state index contributed by atoms with van der Waals surface area (Å²) in [5.41, 5.74) is 1.15. The number of ether oxygens (including phenoxy) is 1. The van der Waals surface area contributed by atoms with Gasteiger partial charge in [0.15, 0.2) is 0 Å². The Kier molecular flexibility index (Phi) is 3.97. The molecule has 1 fully saturated rings. The molecule has 4 heteroatoms. The molecule has 0 atom stereocenters. The number of benzene rings is 1. The van der Waals surface area contributed by atoms with Crippen molar-refractivity contribution < 1.29 is 13.9 Å². The molecule has 1 heterocycles. The fraction of sp³-hybridized carbons (Fsp3) is 0.500. The van der Waals surface area contributed by atoms with E-state index in [2.05, 4.69) is 0 Å². The highest BCUT2D eigenvalue weighted by atomic mass is 19.1. The van der Waals surface area contributed by atoms with Crippen LogP contribution in [-0.4, -0.2) is 37.1 Å². The summed E-state index contributed by atoms with van der Waals surface area (Å²) in [6.07, 6.45) is 0. The third kappa shape index (κ3) is 2.70. The van der Waals surface area contributed by atoms with Gasteiger partial charge < -0.3 is 9.64 Å². The molecular formula is C14H18FNO2. The SMILES string of the molecule is CC(C)c1ccc(F)c(C(=O)N2CCOCC2)c1. The summed E-state index contributed by atoms with van der Waals surface area (Å²) in [7, 11) is 0. The highest BCUT2D eigenvalue weighted by molar-refractivity contribution is 5.94. The van der Waals surface area contributed by atoms with Gasteiger partial charge in [-0.1, -0.05) is 19.9 Å². The van der Waals surface area contributed by atoms with E-state index in [0.29, 0.717) is 26.3 Å². The van der Waals surface area contributed by atoms with Crippen molar-refractivity contribution in [3.63, 3.8) is 0 Å². The van der Waals surface area contributed by atoms with Gasteiger partial charge in [0.2, 0.25) is 0 Å². The summed E-state index contributed by atoms with van der Waals surface area (Å²) in [6.45, 7) is 6.16. The van der Waals surface area contributed by atoms with Crippen molar-refractivity contribution in [1.29, 1.82) is 0 Å². The lowest BCUT2D eigenvalue weighted by Crippen LogP contribution is -2.41. The van der Waals surface area contributed by atoms with Gasteiger partial charge in [0, 0.05) is 13.1 Å². The molecule has 1 saturated heterocycles. The molecule has 1 aliphatic rings. The molecule has 1 aliphatic heterocycles. The lowest BCUT2D eigenvalue weighted by atomic mass is 10.00. The average molecular weight is 251 g/mol. The van der Waals surface area contributed by atoms with Crippen LogP contribution < -0.4 is 0 Å². The molecule has 1 aromatic carbocycles. The molecule has 0 unspecified atom stereocenters. The monoisotopic (exact) mass is 251 g/mol. The van der Waals surface area contributed by atoms with E-state index in [0.717, 1.165) is 5.56 Å². The number of nitrogens with zero attached hydrogens (tertiary/aromatic N) is 1. The van der Waals surface area contributed by atoms with Crippen molar-refractivity contribution in [2.75, 3.05) is 26.3 Å². The molecule has 0 bridgehead atoms. The van der Waals surface area contributed by atoms with Crippen LogP contribution in [0.1, 0.15) is 35.7 Å². The van der Waals surface area contributed by atoms with Crippen molar-refractivity contribution in [1.82, 2.24) is 4.90 Å². The maximum Gasteiger partial charge on any atom is 0.256 e. The number of halogens is 1. The van der Waals surface area contributed by atoms with E-state index in [1.54, 1.807) is 17.0 Å². The number of hydrogen-bond donors (Lipinski definition) is 0. The first-order valence-electron chi connectivity index (χ1n) is 6.26. The Morgan fingerprint density at radius 3 is 2.61 bits per heavy atom. The standard InChI is InChI=1S/C14H18FNO2/c1-10(2)11-3-4-13(15)12(9-11)14(17)16-5-7-18-8-6-16/h3-4,9-10H,5-8H2,1-2H3. The number of morpholine rings is 1. The van der Waals surface area contributed by atoms with Gasteiger partial charge >= 0.3 is 0 Å². The van der Waals surface area contributed by atoms with E-state index in [4.69, 9.17) is 4.74 Å². The van der Waals surface area contributed by atoms with E-state index in [-0.39, 0.29) is 17.4 Å². The second kappa shape index (κ2) is 5.48. The summed E-state index contributed by atoms with van der Waals surface area (Å²) >= 11 is 0. The summed E-state index contributed by atoms with van der Waals surface area (Å²) < 4.78 is 18.9. The van der Waals surface area contributed by atoms with E-state index in [1.807, 2.05) is 13.8 Å². The molecule has 0 saturated carbocycles. The molecular weight excluding hydrogens is 233 g/mol. The van der Waals surface area contributed by atoms with Crippen LogP contribution in [0.3, 0.4) is 0 Å². The number of carbonyl (C=O) groups excluding carboxylic acids is 1. The van der Waals surface area contributed by atoms with Gasteiger partial charge in [-0.05, 0) is 23.6 Å². The van der Waals surface area contributed by atoms with Crippen LogP contribution in [0.4, 0.5) is 4.39 Å². The Balaban J connectivity index is 2.25. The van der Waals surface area contributed by atoms with Gasteiger partial charge in [-0.3, -0.25) is 4.79 Å². The third-order valence-corrected chi connectivity index (χ3v) is 3.19. The minimum Gasteiger partial charge on any atom is -0.378 e. The minimum atomic E-state index is -0.448. The first kappa shape index (κ1) is 13.0. The van der Waals surface area contributed by atoms with Crippen molar-refractivity contribution in [2.24, 2.45) is 0 Å². The maximum absolute atomic E-state index is 13.8. The Labute approximate surface area is 107 Å². The topological polar surface area (TPSA) is 29.5 Å². The summed E-state index contributed by atoms with van der Waals surface area (Å²) in [5.74, 6) is -0.406. The van der Waals surface area contributed by atoms with E-state index < -0.39 is 5.82 Å². The van der Waals surface area contributed by atoms with Crippen LogP contribution in [0.15, 0.2) is 18.2 Å². The van der Waals surface area contributed by atoms with E-state index in [1.165, 1.54) is 6.07 Å². The minimum absolute atomic E-state index is 0.170. The number of hydrogen-bond acceptors (Lipinski definition) is 2. The zero-order valence-corrected chi connectivity index (χ0v) is 10.8. The zero-order chi connectivity index (χ0) is 13.1. The predicted molar refractivity (Wildman–Crippen MR) is 67.2 cm³/mol. The van der Waals surface area contributed by atoms with Gasteiger partial charge in [0.25, 0.3) is 5.91 Å². The molecule has 3 nitrogen and oxygen atoms in total. The van der Waals surface area contributed by atoms with Crippen LogP contribution in [-0.2, 0) is 4.74 Å². The fourth-order valence-corrected chi connectivity index (χ4v) is 2.00. The lowest BCUT2D eigenvalue weighted by Gasteiger charge is -2.27. The van der Waals surface area contributed by atoms with Gasteiger partial charge in [-0.15, -0.1) is 0 Å². The largest absolute Gasteiger partial charge is 0.378 e. The van der Waals surface area contributed by atoms with Gasteiger partial charge in [-0.25, -0.2) is 4.39 Å². The fourth-order valence-electron chi connectivity index (χ4n) is 2.00. The van der Waals surface area contributed by atoms with Crippen molar-refractivity contribution in [2.45, 2.75) is 19.8 Å². The van der Waals surface area contributed by atoms with Crippen LogP contribution >= 0.6 is 0 Å². The molecule has 1 aromatic rings. The smallest absolute Gasteiger partial charge is 0.256 e. The highest BCUT2D eigenvalue weighted by Gasteiger charge is 2.21. The van der Waals surface area contributed by atoms with Crippen LogP contribution in [0.25, 0.3) is 0 Å². The van der Waals surface area contributed by atoms with Crippen molar-refractivity contribution >= 4 is 5.91 Å². The predicted octanol–water partition coefficient (Wildman–Crippen LogP) is 2.42. The van der Waals surface area contributed by atoms with Gasteiger partial charge in [0.05, 0.1) is 18.8 Å². The lowest BCUT2D eigenvalue weighted by molar-refractivity contribution is 0.0300. The number of amides is 1. The number of carbonyl (C=O) groups is 1. The van der Waals surface area contributed by atoms with E-state index in [9.17, 15) is 9.18 Å². The Morgan fingerprint density at radius 1 is 1.33 bits per heavy atom. The summed E-state index contributed by atoms with van der Waals surface area (Å²) in [4.78, 5) is 13.9. The zero-order valence-electron chi connectivity index (χ0n) is 10.8. The van der Waals surface area contributed by atoms with Gasteiger partial charge in [-0.2, -0.15) is 0 Å².